The molecule has 184 valence electrons. The molecule has 1 unspecified atom stereocenters. The largest absolute Gasteiger partial charge is 0.351 e. The number of rotatable bonds is 5. The lowest BCUT2D eigenvalue weighted by molar-refractivity contribution is 0.0981. The summed E-state index contributed by atoms with van der Waals surface area (Å²) in [6.45, 7) is 8.43. The first-order valence-corrected chi connectivity index (χ1v) is 13.2. The van der Waals surface area contributed by atoms with E-state index in [9.17, 15) is 13.2 Å². The Bertz CT molecular complexity index is 1370. The van der Waals surface area contributed by atoms with E-state index in [0.717, 1.165) is 13.0 Å². The first-order valence-electron chi connectivity index (χ1n) is 11.7. The fourth-order valence-electron chi connectivity index (χ4n) is 5.20. The summed E-state index contributed by atoms with van der Waals surface area (Å²) in [7, 11) is -4.19. The van der Waals surface area contributed by atoms with Crippen LogP contribution < -0.4 is 14.5 Å². The van der Waals surface area contributed by atoms with E-state index in [1.807, 2.05) is 17.0 Å². The number of fused-ring (bicyclic) bond motifs is 1. The van der Waals surface area contributed by atoms with Crippen LogP contribution in [0.1, 0.15) is 50.1 Å². The second kappa shape index (κ2) is 8.64. The van der Waals surface area contributed by atoms with Crippen LogP contribution in [0.3, 0.4) is 0 Å². The van der Waals surface area contributed by atoms with Gasteiger partial charge in [0.25, 0.3) is 15.9 Å². The maximum absolute atomic E-state index is 13.2. The number of hydrogen-bond acceptors (Lipinski definition) is 7. The Balaban J connectivity index is 0.00000304. The number of aromatic nitrogens is 2. The highest BCUT2D eigenvalue weighted by Crippen LogP contribution is 2.37. The van der Waals surface area contributed by atoms with Crippen LogP contribution in [0.5, 0.6) is 0 Å². The van der Waals surface area contributed by atoms with Crippen molar-refractivity contribution < 1.29 is 14.6 Å². The molecule has 9 heteroatoms. The van der Waals surface area contributed by atoms with E-state index in [-0.39, 0.29) is 17.6 Å². The van der Waals surface area contributed by atoms with Gasteiger partial charge in [-0.2, -0.15) is 8.42 Å². The molecule has 3 aromatic rings. The molecule has 8 nitrogen and oxygen atoms in total. The van der Waals surface area contributed by atoms with Crippen molar-refractivity contribution in [3.05, 3.63) is 77.5 Å². The molecule has 0 radical (unpaired) electrons. The summed E-state index contributed by atoms with van der Waals surface area (Å²) in [5, 5.41) is -0.195. The van der Waals surface area contributed by atoms with Gasteiger partial charge >= 0.3 is 0 Å². The quantitative estimate of drug-likeness (QED) is 0.574. The van der Waals surface area contributed by atoms with Crippen LogP contribution in [0.15, 0.2) is 65.8 Å². The number of anilines is 2. The molecule has 0 saturated carbocycles. The van der Waals surface area contributed by atoms with Gasteiger partial charge in [0.2, 0.25) is 0 Å². The standard InChI is InChI=1S/C26H29N5O3S.H2/c1-18-14-26(2,3)31(15-18)24-21(10-7-13-27-24)25(32)29-35(33,34)23-12-6-11-22(28-23)30-16-19-8-4-5-9-20(19)17-30;/h4-13,18H,14-17H2,1-3H3,(H,29,32);1H. The highest BCUT2D eigenvalue weighted by atomic mass is 32.2. The predicted octanol–water partition coefficient (Wildman–Crippen LogP) is 3.99. The molecule has 1 saturated heterocycles. The molecular weight excluding hydrogens is 462 g/mol. The van der Waals surface area contributed by atoms with Gasteiger partial charge in [-0.05, 0) is 61.6 Å². The Morgan fingerprint density at radius 3 is 2.43 bits per heavy atom. The second-order valence-electron chi connectivity index (χ2n) is 10.0. The molecule has 1 N–H and O–H groups in total. The van der Waals surface area contributed by atoms with Gasteiger partial charge in [0.15, 0.2) is 5.03 Å². The Morgan fingerprint density at radius 1 is 1.06 bits per heavy atom. The number of carbonyl (C=O) groups is 1. The molecule has 1 atom stereocenters. The topological polar surface area (TPSA) is 95.5 Å². The molecule has 4 heterocycles. The first-order chi connectivity index (χ1) is 16.6. The lowest BCUT2D eigenvalue weighted by Crippen LogP contribution is -2.41. The van der Waals surface area contributed by atoms with Crippen LogP contribution in [0.4, 0.5) is 11.6 Å². The number of amides is 1. The third kappa shape index (κ3) is 4.48. The van der Waals surface area contributed by atoms with Gasteiger partial charge in [0.1, 0.15) is 11.6 Å². The van der Waals surface area contributed by atoms with Crippen molar-refractivity contribution in [3.8, 4) is 0 Å². The average molecular weight is 494 g/mol. The van der Waals surface area contributed by atoms with E-state index in [0.29, 0.717) is 30.6 Å². The number of hydrogen-bond donors (Lipinski definition) is 1. The van der Waals surface area contributed by atoms with Crippen LogP contribution in [0, 0.1) is 5.92 Å². The van der Waals surface area contributed by atoms with Crippen LogP contribution in [-0.2, 0) is 23.1 Å². The Morgan fingerprint density at radius 2 is 1.77 bits per heavy atom. The molecule has 1 fully saturated rings. The minimum Gasteiger partial charge on any atom is -0.351 e. The molecule has 2 aliphatic rings. The molecular formula is C26H31N5O3S. The predicted molar refractivity (Wildman–Crippen MR) is 137 cm³/mol. The van der Waals surface area contributed by atoms with Gasteiger partial charge in [-0.15, -0.1) is 0 Å². The summed E-state index contributed by atoms with van der Waals surface area (Å²) < 4.78 is 28.5. The van der Waals surface area contributed by atoms with E-state index in [4.69, 9.17) is 0 Å². The Hall–Kier alpha value is -3.46. The molecule has 2 aliphatic heterocycles. The monoisotopic (exact) mass is 493 g/mol. The highest BCUT2D eigenvalue weighted by Gasteiger charge is 2.39. The molecule has 5 rings (SSSR count). The lowest BCUT2D eigenvalue weighted by Gasteiger charge is -2.33. The summed E-state index contributed by atoms with van der Waals surface area (Å²) in [5.74, 6) is 0.761. The van der Waals surface area contributed by atoms with Gasteiger partial charge < -0.3 is 9.80 Å². The maximum atomic E-state index is 13.2. The summed E-state index contributed by atoms with van der Waals surface area (Å²) in [6, 6.07) is 16.2. The smallest absolute Gasteiger partial charge is 0.281 e. The van der Waals surface area contributed by atoms with Crippen molar-refractivity contribution in [3.63, 3.8) is 0 Å². The van der Waals surface area contributed by atoms with Crippen LogP contribution in [-0.4, -0.2) is 36.4 Å². The van der Waals surface area contributed by atoms with Crippen LogP contribution in [0.2, 0.25) is 0 Å². The average Bonchev–Trinajstić information content (AvgIpc) is 3.38. The molecule has 35 heavy (non-hydrogen) atoms. The minimum absolute atomic E-state index is 0. The van der Waals surface area contributed by atoms with Gasteiger partial charge in [-0.25, -0.2) is 14.7 Å². The fourth-order valence-corrected chi connectivity index (χ4v) is 6.13. The normalized spacial score (nSPS) is 19.0. The van der Waals surface area contributed by atoms with Crippen LogP contribution >= 0.6 is 0 Å². The van der Waals surface area contributed by atoms with Gasteiger partial charge in [0.05, 0.1) is 5.56 Å². The maximum Gasteiger partial charge on any atom is 0.281 e. The molecule has 1 aromatic carbocycles. The minimum atomic E-state index is -4.19. The number of nitrogens with zero attached hydrogens (tertiary/aromatic N) is 4. The number of benzene rings is 1. The molecule has 0 spiro atoms. The third-order valence-corrected chi connectivity index (χ3v) is 7.97. The zero-order valence-corrected chi connectivity index (χ0v) is 20.9. The molecule has 0 bridgehead atoms. The van der Waals surface area contributed by atoms with Crippen molar-refractivity contribution in [2.75, 3.05) is 16.3 Å². The zero-order valence-electron chi connectivity index (χ0n) is 20.1. The van der Waals surface area contributed by atoms with Crippen LogP contribution in [0.25, 0.3) is 0 Å². The van der Waals surface area contributed by atoms with Crippen molar-refractivity contribution in [1.29, 1.82) is 0 Å². The third-order valence-electron chi connectivity index (χ3n) is 6.74. The van der Waals surface area contributed by atoms with Gasteiger partial charge in [0, 0.05) is 32.8 Å². The number of carbonyl (C=O) groups excluding carboxylic acids is 1. The summed E-state index contributed by atoms with van der Waals surface area (Å²) in [6.07, 6.45) is 2.58. The fraction of sp³-hybridized carbons (Fsp3) is 0.346. The zero-order chi connectivity index (χ0) is 24.8. The van der Waals surface area contributed by atoms with E-state index in [2.05, 4.69) is 52.5 Å². The van der Waals surface area contributed by atoms with Crippen molar-refractivity contribution in [1.82, 2.24) is 14.7 Å². The summed E-state index contributed by atoms with van der Waals surface area (Å²) in [5.41, 5.74) is 2.42. The van der Waals surface area contributed by atoms with E-state index >= 15 is 0 Å². The number of nitrogens with one attached hydrogen (secondary N) is 1. The van der Waals surface area contributed by atoms with Crippen molar-refractivity contribution >= 4 is 27.6 Å². The van der Waals surface area contributed by atoms with E-state index in [1.54, 1.807) is 30.5 Å². The van der Waals surface area contributed by atoms with Crippen molar-refractivity contribution in [2.24, 2.45) is 5.92 Å². The first kappa shape index (κ1) is 23.3. The van der Waals surface area contributed by atoms with E-state index in [1.165, 1.54) is 17.2 Å². The molecule has 1 amide bonds. The molecule has 0 aliphatic carbocycles. The summed E-state index contributed by atoms with van der Waals surface area (Å²) >= 11 is 0. The number of sulfonamides is 1. The number of pyridine rings is 2. The molecule has 2 aromatic heterocycles. The highest BCUT2D eigenvalue weighted by molar-refractivity contribution is 7.90. The van der Waals surface area contributed by atoms with Crippen molar-refractivity contribution in [2.45, 2.75) is 50.8 Å². The van der Waals surface area contributed by atoms with E-state index < -0.39 is 15.9 Å². The summed E-state index contributed by atoms with van der Waals surface area (Å²) in [4.78, 5) is 26.1. The SMILES string of the molecule is CC1CN(c2ncccc2C(=O)NS(=O)(=O)c2cccc(N3Cc4ccccc4C3)n2)C(C)(C)C1.[HH]. The lowest BCUT2D eigenvalue weighted by atomic mass is 9.97. The van der Waals surface area contributed by atoms with Gasteiger partial charge in [-0.1, -0.05) is 37.3 Å². The van der Waals surface area contributed by atoms with Gasteiger partial charge in [-0.3, -0.25) is 4.79 Å². The Labute approximate surface area is 207 Å². The Kier molecular flexibility index (Phi) is 5.75. The second-order valence-corrected chi connectivity index (χ2v) is 11.6.